The highest BCUT2D eigenvalue weighted by atomic mass is 79.9. The molecule has 0 aliphatic rings. The van der Waals surface area contributed by atoms with Gasteiger partial charge >= 0.3 is 0 Å². The van der Waals surface area contributed by atoms with Crippen LogP contribution in [0, 0.1) is 0 Å². The summed E-state index contributed by atoms with van der Waals surface area (Å²) < 4.78 is 5.63. The van der Waals surface area contributed by atoms with Crippen LogP contribution in [0.25, 0.3) is 6.08 Å². The van der Waals surface area contributed by atoms with Crippen molar-refractivity contribution in [2.75, 3.05) is 7.11 Å². The monoisotopic (exact) mass is 256 g/mol. The highest BCUT2D eigenvalue weighted by Gasteiger charge is 2.05. The number of aromatic hydroxyl groups is 1. The van der Waals surface area contributed by atoms with Crippen LogP contribution in [0.4, 0.5) is 0 Å². The fourth-order valence-corrected chi connectivity index (χ4v) is 1.46. The van der Waals surface area contributed by atoms with Gasteiger partial charge in [0.1, 0.15) is 6.29 Å². The van der Waals surface area contributed by atoms with Crippen LogP contribution in [0.15, 0.2) is 22.7 Å². The predicted molar refractivity (Wildman–Crippen MR) is 57.5 cm³/mol. The van der Waals surface area contributed by atoms with Crippen molar-refractivity contribution < 1.29 is 14.6 Å². The van der Waals surface area contributed by atoms with Gasteiger partial charge in [-0.2, -0.15) is 0 Å². The molecule has 1 N–H and O–H groups in total. The van der Waals surface area contributed by atoms with Crippen LogP contribution in [0.2, 0.25) is 0 Å². The van der Waals surface area contributed by atoms with Crippen molar-refractivity contribution in [3.63, 3.8) is 0 Å². The Morgan fingerprint density at radius 1 is 1.50 bits per heavy atom. The second kappa shape index (κ2) is 4.81. The molecular formula is C10H9BrO3. The maximum absolute atomic E-state index is 10.1. The van der Waals surface area contributed by atoms with Crippen LogP contribution in [-0.4, -0.2) is 18.5 Å². The lowest BCUT2D eigenvalue weighted by atomic mass is 10.2. The highest BCUT2D eigenvalue weighted by Crippen LogP contribution is 2.32. The normalized spacial score (nSPS) is 10.4. The van der Waals surface area contributed by atoms with Gasteiger partial charge in [-0.15, -0.1) is 0 Å². The zero-order valence-corrected chi connectivity index (χ0v) is 9.11. The summed E-state index contributed by atoms with van der Waals surface area (Å²) >= 11 is 3.26. The number of ether oxygens (including phenoxy) is 1. The smallest absolute Gasteiger partial charge is 0.161 e. The quantitative estimate of drug-likeness (QED) is 0.668. The van der Waals surface area contributed by atoms with Crippen molar-refractivity contribution in [2.24, 2.45) is 0 Å². The Hall–Kier alpha value is -1.29. The minimum atomic E-state index is 0.0580. The first-order valence-corrected chi connectivity index (χ1v) is 4.66. The lowest BCUT2D eigenvalue weighted by Gasteiger charge is -2.05. The fraction of sp³-hybridized carbons (Fsp3) is 0.100. The van der Waals surface area contributed by atoms with E-state index in [1.807, 2.05) is 0 Å². The Morgan fingerprint density at radius 3 is 2.79 bits per heavy atom. The molecule has 4 heteroatoms. The molecule has 0 heterocycles. The third kappa shape index (κ3) is 2.35. The first kappa shape index (κ1) is 10.8. The van der Waals surface area contributed by atoms with E-state index in [-0.39, 0.29) is 5.75 Å². The van der Waals surface area contributed by atoms with Gasteiger partial charge in [-0.05, 0) is 23.8 Å². The molecule has 0 spiro atoms. The largest absolute Gasteiger partial charge is 0.504 e. The molecule has 0 saturated carbocycles. The molecule has 0 fully saturated rings. The summed E-state index contributed by atoms with van der Waals surface area (Å²) in [6.07, 6.45) is 3.68. The van der Waals surface area contributed by atoms with E-state index in [2.05, 4.69) is 15.9 Å². The van der Waals surface area contributed by atoms with Crippen LogP contribution in [0.5, 0.6) is 11.5 Å². The van der Waals surface area contributed by atoms with E-state index in [0.29, 0.717) is 16.5 Å². The first-order valence-electron chi connectivity index (χ1n) is 3.87. The standard InChI is InChI=1S/C10H9BrO3/c1-14-10-5-7(3-2-4-12)8(11)6-9(10)13/h2-6,13H,1H3/b3-2+. The number of phenolic OH excluding ortho intramolecular Hbond substituents is 1. The molecule has 14 heavy (non-hydrogen) atoms. The molecule has 3 nitrogen and oxygen atoms in total. The van der Waals surface area contributed by atoms with Gasteiger partial charge < -0.3 is 9.84 Å². The van der Waals surface area contributed by atoms with Crippen LogP contribution in [0.3, 0.4) is 0 Å². The van der Waals surface area contributed by atoms with E-state index in [1.54, 1.807) is 12.1 Å². The van der Waals surface area contributed by atoms with E-state index in [4.69, 9.17) is 4.74 Å². The number of aldehydes is 1. The molecule has 0 unspecified atom stereocenters. The van der Waals surface area contributed by atoms with E-state index >= 15 is 0 Å². The Bertz CT molecular complexity index is 372. The topological polar surface area (TPSA) is 46.5 Å². The molecular weight excluding hydrogens is 248 g/mol. The number of methoxy groups -OCH3 is 1. The number of carbonyl (C=O) groups excluding carboxylic acids is 1. The minimum absolute atomic E-state index is 0.0580. The fourth-order valence-electron chi connectivity index (χ4n) is 0.993. The molecule has 0 aromatic heterocycles. The van der Waals surface area contributed by atoms with Crippen LogP contribution in [0.1, 0.15) is 5.56 Å². The van der Waals surface area contributed by atoms with Gasteiger partial charge in [0.25, 0.3) is 0 Å². The Balaban J connectivity index is 3.16. The van der Waals surface area contributed by atoms with Gasteiger partial charge in [0.2, 0.25) is 0 Å². The van der Waals surface area contributed by atoms with Crippen molar-refractivity contribution in [3.05, 3.63) is 28.2 Å². The van der Waals surface area contributed by atoms with E-state index in [1.165, 1.54) is 19.3 Å². The summed E-state index contributed by atoms with van der Waals surface area (Å²) in [5.41, 5.74) is 0.770. The molecule has 0 saturated heterocycles. The van der Waals surface area contributed by atoms with Gasteiger partial charge in [0, 0.05) is 4.47 Å². The summed E-state index contributed by atoms with van der Waals surface area (Å²) in [7, 11) is 1.47. The second-order valence-corrected chi connectivity index (χ2v) is 3.40. The number of halogens is 1. The Kier molecular flexibility index (Phi) is 3.71. The van der Waals surface area contributed by atoms with Crippen LogP contribution in [-0.2, 0) is 4.79 Å². The average molecular weight is 257 g/mol. The SMILES string of the molecule is COc1cc(/C=C/C=O)c(Br)cc1O. The van der Waals surface area contributed by atoms with E-state index in [0.717, 1.165) is 5.56 Å². The number of hydrogen-bond donors (Lipinski definition) is 1. The molecule has 0 amide bonds. The third-order valence-electron chi connectivity index (χ3n) is 1.65. The summed E-state index contributed by atoms with van der Waals surface area (Å²) in [4.78, 5) is 10.1. The number of benzene rings is 1. The van der Waals surface area contributed by atoms with E-state index < -0.39 is 0 Å². The van der Waals surface area contributed by atoms with Crippen LogP contribution >= 0.6 is 15.9 Å². The first-order chi connectivity index (χ1) is 6.69. The minimum Gasteiger partial charge on any atom is -0.504 e. The van der Waals surface area contributed by atoms with Crippen molar-refractivity contribution >= 4 is 28.3 Å². The Labute approximate surface area is 90.1 Å². The number of allylic oxidation sites excluding steroid dienone is 1. The zero-order valence-electron chi connectivity index (χ0n) is 7.53. The summed E-state index contributed by atoms with van der Waals surface area (Å²) in [6, 6.07) is 3.16. The van der Waals surface area contributed by atoms with Crippen molar-refractivity contribution in [2.45, 2.75) is 0 Å². The summed E-state index contributed by atoms with van der Waals surface area (Å²) in [5.74, 6) is 0.432. The lowest BCUT2D eigenvalue weighted by molar-refractivity contribution is -0.104. The highest BCUT2D eigenvalue weighted by molar-refractivity contribution is 9.10. The maximum Gasteiger partial charge on any atom is 0.161 e. The zero-order chi connectivity index (χ0) is 10.6. The predicted octanol–water partition coefficient (Wildman–Crippen LogP) is 2.38. The van der Waals surface area contributed by atoms with Crippen molar-refractivity contribution in [1.82, 2.24) is 0 Å². The summed E-state index contributed by atoms with van der Waals surface area (Å²) in [6.45, 7) is 0. The van der Waals surface area contributed by atoms with Gasteiger partial charge in [0.15, 0.2) is 11.5 Å². The second-order valence-electron chi connectivity index (χ2n) is 2.54. The van der Waals surface area contributed by atoms with Crippen LogP contribution < -0.4 is 4.74 Å². The third-order valence-corrected chi connectivity index (χ3v) is 2.34. The lowest BCUT2D eigenvalue weighted by Crippen LogP contribution is -1.85. The van der Waals surface area contributed by atoms with Gasteiger partial charge in [0.05, 0.1) is 7.11 Å². The molecule has 0 aliphatic carbocycles. The molecule has 0 atom stereocenters. The number of hydrogen-bond acceptors (Lipinski definition) is 3. The molecule has 0 radical (unpaired) electrons. The Morgan fingerprint density at radius 2 is 2.21 bits per heavy atom. The molecule has 74 valence electrons. The summed E-state index contributed by atoms with van der Waals surface area (Å²) in [5, 5.41) is 9.39. The van der Waals surface area contributed by atoms with Gasteiger partial charge in [-0.1, -0.05) is 22.0 Å². The maximum atomic E-state index is 10.1. The molecule has 0 aliphatic heterocycles. The molecule has 0 bridgehead atoms. The number of carbonyl (C=O) groups is 1. The average Bonchev–Trinajstić information content (AvgIpc) is 2.17. The molecule has 1 aromatic rings. The molecule has 1 rings (SSSR count). The van der Waals surface area contributed by atoms with E-state index in [9.17, 15) is 9.90 Å². The van der Waals surface area contributed by atoms with Gasteiger partial charge in [-0.25, -0.2) is 0 Å². The number of rotatable bonds is 3. The number of phenols is 1. The molecule has 1 aromatic carbocycles. The van der Waals surface area contributed by atoms with Crippen molar-refractivity contribution in [1.29, 1.82) is 0 Å². The van der Waals surface area contributed by atoms with Crippen molar-refractivity contribution in [3.8, 4) is 11.5 Å². The van der Waals surface area contributed by atoms with Gasteiger partial charge in [-0.3, -0.25) is 4.79 Å².